The molecule has 5 rings (SSSR count). The van der Waals surface area contributed by atoms with Crippen molar-refractivity contribution in [2.24, 2.45) is 0 Å². The maximum Gasteiger partial charge on any atom is 0.325 e. The van der Waals surface area contributed by atoms with Crippen LogP contribution in [0.3, 0.4) is 0 Å². The Morgan fingerprint density at radius 2 is 1.61 bits per heavy atom. The number of urea groups is 1. The quantitative estimate of drug-likeness (QED) is 0.167. The third-order valence-corrected chi connectivity index (χ3v) is 8.43. The highest BCUT2D eigenvalue weighted by Crippen LogP contribution is 2.38. The van der Waals surface area contributed by atoms with E-state index in [0.717, 1.165) is 22.3 Å². The van der Waals surface area contributed by atoms with Gasteiger partial charge in [-0.15, -0.1) is 0 Å². The Bertz CT molecular complexity index is 1590. The van der Waals surface area contributed by atoms with E-state index in [2.05, 4.69) is 72.0 Å². The van der Waals surface area contributed by atoms with Crippen LogP contribution in [0.2, 0.25) is 0 Å². The van der Waals surface area contributed by atoms with Crippen LogP contribution in [0.25, 0.3) is 10.8 Å². The molecule has 0 radical (unpaired) electrons. The number of nitrogens with one attached hydrogen (secondary N) is 2. The third kappa shape index (κ3) is 8.70. The smallest absolute Gasteiger partial charge is 0.325 e. The molecule has 1 saturated heterocycles. The van der Waals surface area contributed by atoms with Crippen LogP contribution in [0.4, 0.5) is 4.79 Å². The summed E-state index contributed by atoms with van der Waals surface area (Å²) in [7, 11) is 2.13. The summed E-state index contributed by atoms with van der Waals surface area (Å²) in [5.41, 5.74) is 4.91. The van der Waals surface area contributed by atoms with Crippen molar-refractivity contribution in [1.82, 2.24) is 15.5 Å². The Labute approximate surface area is 270 Å². The van der Waals surface area contributed by atoms with Crippen LogP contribution in [0.5, 0.6) is 0 Å². The third-order valence-electron chi connectivity index (χ3n) is 8.43. The van der Waals surface area contributed by atoms with Crippen molar-refractivity contribution in [2.45, 2.75) is 58.0 Å². The monoisotopic (exact) mass is 625 g/mol. The van der Waals surface area contributed by atoms with Gasteiger partial charge in [-0.2, -0.15) is 0 Å². The number of likely N-dealkylation sites (N-methyl/N-ethyl adjacent to an activating group) is 1. The molecule has 4 aromatic rings. The number of carbonyl (C=O) groups excluding carboxylic acids is 2. The molecule has 1 aliphatic heterocycles. The lowest BCUT2D eigenvalue weighted by Gasteiger charge is -2.39. The second-order valence-electron chi connectivity index (χ2n) is 11.7. The molecule has 0 saturated carbocycles. The number of aliphatic hydroxyl groups excluding tert-OH is 1. The van der Waals surface area contributed by atoms with Crippen molar-refractivity contribution in [3.63, 3.8) is 0 Å². The average molecular weight is 626 g/mol. The van der Waals surface area contributed by atoms with Crippen molar-refractivity contribution in [3.8, 4) is 0 Å². The van der Waals surface area contributed by atoms with Gasteiger partial charge in [-0.25, -0.2) is 4.79 Å². The summed E-state index contributed by atoms with van der Waals surface area (Å²) in [5, 5.41) is 17.2. The van der Waals surface area contributed by atoms with Gasteiger partial charge in [-0.05, 0) is 60.0 Å². The number of benzene rings is 4. The number of carbonyl (C=O) groups is 2. The van der Waals surface area contributed by atoms with E-state index in [0.29, 0.717) is 19.5 Å². The summed E-state index contributed by atoms with van der Waals surface area (Å²) >= 11 is 0. The number of hydrogen-bond donors (Lipinski definition) is 3. The van der Waals surface area contributed by atoms with E-state index in [1.54, 1.807) is 6.92 Å². The summed E-state index contributed by atoms with van der Waals surface area (Å²) < 4.78 is 17.9. The molecule has 4 atom stereocenters. The second-order valence-corrected chi connectivity index (χ2v) is 11.7. The molecule has 0 aliphatic carbocycles. The van der Waals surface area contributed by atoms with Gasteiger partial charge in [0.1, 0.15) is 6.54 Å². The average Bonchev–Trinajstić information content (AvgIpc) is 3.09. The van der Waals surface area contributed by atoms with Gasteiger partial charge < -0.3 is 30.0 Å². The van der Waals surface area contributed by atoms with Crippen LogP contribution >= 0.6 is 0 Å². The summed E-state index contributed by atoms with van der Waals surface area (Å²) in [6, 6.07) is 30.4. The predicted octanol–water partition coefficient (Wildman–Crippen LogP) is 5.93. The minimum Gasteiger partial charge on any atom is -0.465 e. The lowest BCUT2D eigenvalue weighted by molar-refractivity contribution is -0.253. The maximum atomic E-state index is 12.1. The number of hydrogen-bond acceptors (Lipinski definition) is 7. The molecule has 0 aromatic heterocycles. The van der Waals surface area contributed by atoms with Crippen molar-refractivity contribution in [1.29, 1.82) is 0 Å². The number of aliphatic hydroxyl groups is 1. The van der Waals surface area contributed by atoms with E-state index in [1.165, 1.54) is 16.3 Å². The Balaban J connectivity index is 1.26. The topological polar surface area (TPSA) is 109 Å². The minimum atomic E-state index is -0.583. The lowest BCUT2D eigenvalue weighted by Crippen LogP contribution is -2.39. The van der Waals surface area contributed by atoms with Gasteiger partial charge in [0.25, 0.3) is 0 Å². The fraction of sp³-hybridized carbons (Fsp3) is 0.351. The molecule has 46 heavy (non-hydrogen) atoms. The van der Waals surface area contributed by atoms with Gasteiger partial charge in [0, 0.05) is 31.1 Å². The van der Waals surface area contributed by atoms with E-state index < -0.39 is 18.3 Å². The molecule has 1 heterocycles. The van der Waals surface area contributed by atoms with Crippen LogP contribution in [0.1, 0.15) is 66.5 Å². The highest BCUT2D eigenvalue weighted by atomic mass is 16.7. The fourth-order valence-electron chi connectivity index (χ4n) is 5.64. The molecule has 9 nitrogen and oxygen atoms in total. The van der Waals surface area contributed by atoms with Crippen LogP contribution in [0, 0.1) is 0 Å². The summed E-state index contributed by atoms with van der Waals surface area (Å²) in [6.07, 6.45) is -0.184. The number of amides is 2. The minimum absolute atomic E-state index is 0.00805. The Morgan fingerprint density at radius 3 is 2.33 bits per heavy atom. The molecule has 9 heteroatoms. The fourth-order valence-corrected chi connectivity index (χ4v) is 5.64. The summed E-state index contributed by atoms with van der Waals surface area (Å²) in [6.45, 7) is 5.01. The van der Waals surface area contributed by atoms with Gasteiger partial charge in [0.2, 0.25) is 0 Å². The number of fused-ring (bicyclic) bond motifs is 1. The van der Waals surface area contributed by atoms with Crippen molar-refractivity contribution >= 4 is 22.8 Å². The molecule has 242 valence electrons. The molecule has 0 bridgehead atoms. The molecule has 3 N–H and O–H groups in total. The van der Waals surface area contributed by atoms with E-state index >= 15 is 0 Å². The Kier molecular flexibility index (Phi) is 11.4. The van der Waals surface area contributed by atoms with Crippen molar-refractivity contribution in [2.75, 3.05) is 26.7 Å². The standard InChI is InChI=1S/C37H43N3O6/c1-4-44-35(42)22-39-37(43)38-21-26-9-15-30(16-10-26)36-45-33(20-34(46-36)29-13-11-27(24-41)12-14-29)23-40(3)25(2)31-18-17-28-7-5-6-8-32(28)19-31/h5-19,25,33-34,36,41H,4,20-24H2,1-3H3,(H2,38,39,43)/t25-,33+,34-,36-/m1/s1. The lowest BCUT2D eigenvalue weighted by atomic mass is 9.98. The zero-order chi connectivity index (χ0) is 32.5. The molecule has 2 amide bonds. The first-order chi connectivity index (χ1) is 22.3. The highest BCUT2D eigenvalue weighted by Gasteiger charge is 2.33. The van der Waals surface area contributed by atoms with Crippen molar-refractivity contribution < 1.29 is 28.9 Å². The summed E-state index contributed by atoms with van der Waals surface area (Å²) in [5.74, 6) is -0.482. The zero-order valence-electron chi connectivity index (χ0n) is 26.6. The number of ether oxygens (including phenoxy) is 3. The molecular formula is C37H43N3O6. The molecule has 1 fully saturated rings. The van der Waals surface area contributed by atoms with Gasteiger partial charge in [0.05, 0.1) is 25.4 Å². The van der Waals surface area contributed by atoms with Gasteiger partial charge in [0.15, 0.2) is 6.29 Å². The predicted molar refractivity (Wildman–Crippen MR) is 177 cm³/mol. The van der Waals surface area contributed by atoms with Gasteiger partial charge >= 0.3 is 12.0 Å². The van der Waals surface area contributed by atoms with Gasteiger partial charge in [-0.1, -0.05) is 84.9 Å². The largest absolute Gasteiger partial charge is 0.465 e. The number of rotatable bonds is 12. The van der Waals surface area contributed by atoms with Crippen LogP contribution in [-0.4, -0.2) is 54.9 Å². The SMILES string of the molecule is CCOC(=O)CNC(=O)NCc1ccc([C@@H]2O[C@H](CN(C)[C@H](C)c3ccc4ccccc4c3)C[C@H](c3ccc(CO)cc3)O2)cc1. The first-order valence-corrected chi connectivity index (χ1v) is 15.8. The molecule has 0 unspecified atom stereocenters. The number of esters is 1. The van der Waals surface area contributed by atoms with Crippen LogP contribution in [-0.2, 0) is 32.2 Å². The Morgan fingerprint density at radius 1 is 0.913 bits per heavy atom. The maximum absolute atomic E-state index is 12.1. The van der Waals surface area contributed by atoms with Crippen LogP contribution in [0.15, 0.2) is 91.0 Å². The first-order valence-electron chi connectivity index (χ1n) is 15.8. The van der Waals surface area contributed by atoms with E-state index in [9.17, 15) is 14.7 Å². The van der Waals surface area contributed by atoms with Crippen molar-refractivity contribution in [3.05, 3.63) is 119 Å². The van der Waals surface area contributed by atoms with Crippen LogP contribution < -0.4 is 10.6 Å². The van der Waals surface area contributed by atoms with E-state index in [-0.39, 0.29) is 38.0 Å². The number of nitrogens with zero attached hydrogens (tertiary/aromatic N) is 1. The second kappa shape index (κ2) is 15.8. The molecule has 1 aliphatic rings. The highest BCUT2D eigenvalue weighted by molar-refractivity contribution is 5.83. The van der Waals surface area contributed by atoms with E-state index in [4.69, 9.17) is 14.2 Å². The molecular weight excluding hydrogens is 582 g/mol. The summed E-state index contributed by atoms with van der Waals surface area (Å²) in [4.78, 5) is 25.9. The Hall–Kier alpha value is -4.28. The first kappa shape index (κ1) is 33.1. The molecule has 4 aromatic carbocycles. The van der Waals surface area contributed by atoms with Gasteiger partial charge in [-0.3, -0.25) is 9.69 Å². The zero-order valence-corrected chi connectivity index (χ0v) is 26.6. The van der Waals surface area contributed by atoms with E-state index in [1.807, 2.05) is 48.5 Å². The molecule has 0 spiro atoms. The normalized spacial score (nSPS) is 18.7.